The van der Waals surface area contributed by atoms with Gasteiger partial charge in [-0.25, -0.2) is 4.57 Å². The molecule has 18 heavy (non-hydrogen) atoms. The normalized spacial score (nSPS) is 17.7. The molecule has 6 heteroatoms. The second kappa shape index (κ2) is 7.93. The van der Waals surface area contributed by atoms with Gasteiger partial charge in [0.1, 0.15) is 0 Å². The number of amides is 1. The summed E-state index contributed by atoms with van der Waals surface area (Å²) < 4.78 is 22.1. The summed E-state index contributed by atoms with van der Waals surface area (Å²) in [7, 11) is -3.63. The standard InChI is InChI=1S/C12H24NO4P/c1-3-16-18(15,17-4-2)12(14)13-10-11-8-6-5-7-9-11/h11H,3-10H2,1-2H3,(H,13,14). The fourth-order valence-corrected chi connectivity index (χ4v) is 3.49. The van der Waals surface area contributed by atoms with Crippen LogP contribution in [0.4, 0.5) is 4.79 Å². The van der Waals surface area contributed by atoms with E-state index >= 15 is 0 Å². The van der Waals surface area contributed by atoms with Crippen LogP contribution < -0.4 is 5.32 Å². The smallest absolute Gasteiger partial charge is 0.345 e. The summed E-state index contributed by atoms with van der Waals surface area (Å²) in [6.45, 7) is 4.37. The molecule has 0 spiro atoms. The van der Waals surface area contributed by atoms with Gasteiger partial charge in [-0.1, -0.05) is 19.3 Å². The second-order valence-electron chi connectivity index (χ2n) is 4.52. The Balaban J connectivity index is 2.43. The van der Waals surface area contributed by atoms with Gasteiger partial charge in [0, 0.05) is 6.54 Å². The lowest BCUT2D eigenvalue weighted by molar-refractivity contribution is 0.205. The Labute approximate surface area is 109 Å². The number of hydrogen-bond donors (Lipinski definition) is 1. The van der Waals surface area contributed by atoms with Gasteiger partial charge in [0.15, 0.2) is 0 Å². The van der Waals surface area contributed by atoms with Crippen molar-refractivity contribution >= 4 is 13.2 Å². The van der Waals surface area contributed by atoms with Gasteiger partial charge in [-0.05, 0) is 32.6 Å². The molecule has 106 valence electrons. The Morgan fingerprint density at radius 3 is 2.22 bits per heavy atom. The van der Waals surface area contributed by atoms with Crippen molar-refractivity contribution in [2.24, 2.45) is 5.92 Å². The molecule has 1 rings (SSSR count). The van der Waals surface area contributed by atoms with Crippen LogP contribution in [0.1, 0.15) is 46.0 Å². The van der Waals surface area contributed by atoms with Crippen molar-refractivity contribution in [3.63, 3.8) is 0 Å². The molecule has 1 aliphatic rings. The van der Waals surface area contributed by atoms with E-state index < -0.39 is 13.2 Å². The average Bonchev–Trinajstić information content (AvgIpc) is 2.37. The molecule has 5 nitrogen and oxygen atoms in total. The molecule has 1 amide bonds. The number of carbonyl (C=O) groups is 1. The summed E-state index contributed by atoms with van der Waals surface area (Å²) in [6, 6.07) is 0. The molecular weight excluding hydrogens is 253 g/mol. The summed E-state index contributed by atoms with van der Waals surface area (Å²) in [4.78, 5) is 11.9. The molecule has 0 aromatic heterocycles. The van der Waals surface area contributed by atoms with E-state index in [-0.39, 0.29) is 13.2 Å². The van der Waals surface area contributed by atoms with Crippen LogP contribution in [0.5, 0.6) is 0 Å². The zero-order valence-corrected chi connectivity index (χ0v) is 12.2. The van der Waals surface area contributed by atoms with Gasteiger partial charge >= 0.3 is 13.2 Å². The molecule has 0 radical (unpaired) electrons. The predicted molar refractivity (Wildman–Crippen MR) is 70.8 cm³/mol. The molecule has 1 fully saturated rings. The Kier molecular flexibility index (Phi) is 6.90. The van der Waals surface area contributed by atoms with Crippen LogP contribution in [0.2, 0.25) is 0 Å². The quantitative estimate of drug-likeness (QED) is 0.723. The highest BCUT2D eigenvalue weighted by atomic mass is 31.2. The van der Waals surface area contributed by atoms with Crippen LogP contribution in [-0.4, -0.2) is 25.4 Å². The maximum absolute atomic E-state index is 12.1. The monoisotopic (exact) mass is 277 g/mol. The molecule has 0 saturated heterocycles. The van der Waals surface area contributed by atoms with E-state index in [0.29, 0.717) is 12.5 Å². The number of hydrogen-bond acceptors (Lipinski definition) is 4. The topological polar surface area (TPSA) is 64.6 Å². The van der Waals surface area contributed by atoms with Crippen LogP contribution in [0, 0.1) is 5.92 Å². The van der Waals surface area contributed by atoms with Crippen molar-refractivity contribution < 1.29 is 18.4 Å². The van der Waals surface area contributed by atoms with E-state index in [1.807, 2.05) is 0 Å². The van der Waals surface area contributed by atoms with Crippen LogP contribution in [0.3, 0.4) is 0 Å². The van der Waals surface area contributed by atoms with E-state index in [1.54, 1.807) is 13.8 Å². The molecule has 0 atom stereocenters. The van der Waals surface area contributed by atoms with Crippen molar-refractivity contribution in [1.82, 2.24) is 5.32 Å². The zero-order chi connectivity index (χ0) is 13.4. The molecule has 0 aliphatic heterocycles. The first-order valence-corrected chi connectivity index (χ1v) is 8.34. The average molecular weight is 277 g/mol. The SMILES string of the molecule is CCOP(=O)(OCC)C(=O)NCC1CCCCC1. The lowest BCUT2D eigenvalue weighted by Gasteiger charge is -2.23. The second-order valence-corrected chi connectivity index (χ2v) is 6.44. The Bertz CT molecular complexity index is 292. The Hall–Kier alpha value is -0.380. The van der Waals surface area contributed by atoms with Crippen LogP contribution in [0.15, 0.2) is 0 Å². The van der Waals surface area contributed by atoms with Crippen LogP contribution >= 0.6 is 7.60 Å². The van der Waals surface area contributed by atoms with E-state index in [4.69, 9.17) is 9.05 Å². The van der Waals surface area contributed by atoms with Gasteiger partial charge in [-0.3, -0.25) is 4.79 Å². The highest BCUT2D eigenvalue weighted by Gasteiger charge is 2.34. The minimum Gasteiger partial charge on any atom is -0.345 e. The molecule has 0 aromatic carbocycles. The first-order valence-electron chi connectivity index (χ1n) is 6.80. The van der Waals surface area contributed by atoms with Crippen molar-refractivity contribution in [3.8, 4) is 0 Å². The van der Waals surface area contributed by atoms with Gasteiger partial charge in [0.2, 0.25) is 0 Å². The third-order valence-electron chi connectivity index (χ3n) is 3.11. The van der Waals surface area contributed by atoms with Gasteiger partial charge in [0.25, 0.3) is 0 Å². The maximum Gasteiger partial charge on any atom is 0.418 e. The fraction of sp³-hybridized carbons (Fsp3) is 0.917. The highest BCUT2D eigenvalue weighted by molar-refractivity contribution is 7.71. The van der Waals surface area contributed by atoms with Gasteiger partial charge in [-0.2, -0.15) is 0 Å². The van der Waals surface area contributed by atoms with E-state index in [2.05, 4.69) is 5.32 Å². The summed E-state index contributed by atoms with van der Waals surface area (Å²) >= 11 is 0. The lowest BCUT2D eigenvalue weighted by Crippen LogP contribution is -2.30. The van der Waals surface area contributed by atoms with Gasteiger partial charge in [-0.15, -0.1) is 0 Å². The predicted octanol–water partition coefficient (Wildman–Crippen LogP) is 3.54. The van der Waals surface area contributed by atoms with Crippen LogP contribution in [0.25, 0.3) is 0 Å². The third kappa shape index (κ3) is 4.71. The lowest BCUT2D eigenvalue weighted by atomic mass is 9.89. The number of rotatable bonds is 7. The molecule has 0 unspecified atom stereocenters. The van der Waals surface area contributed by atoms with Gasteiger partial charge in [0.05, 0.1) is 13.2 Å². The van der Waals surface area contributed by atoms with E-state index in [9.17, 15) is 9.36 Å². The van der Waals surface area contributed by atoms with Crippen molar-refractivity contribution in [3.05, 3.63) is 0 Å². The first-order chi connectivity index (χ1) is 8.62. The van der Waals surface area contributed by atoms with Gasteiger partial charge < -0.3 is 14.4 Å². The molecule has 0 aromatic rings. The van der Waals surface area contributed by atoms with Crippen molar-refractivity contribution in [2.75, 3.05) is 19.8 Å². The minimum atomic E-state index is -3.63. The summed E-state index contributed by atoms with van der Waals surface area (Å²) in [6.07, 6.45) is 5.98. The van der Waals surface area contributed by atoms with Crippen LogP contribution in [-0.2, 0) is 13.6 Å². The molecule has 0 heterocycles. The maximum atomic E-state index is 12.1. The summed E-state index contributed by atoms with van der Waals surface area (Å²) in [5.41, 5.74) is -0.600. The largest absolute Gasteiger partial charge is 0.418 e. The Morgan fingerprint density at radius 1 is 1.17 bits per heavy atom. The van der Waals surface area contributed by atoms with E-state index in [1.165, 1.54) is 19.3 Å². The van der Waals surface area contributed by atoms with E-state index in [0.717, 1.165) is 12.8 Å². The van der Waals surface area contributed by atoms with Crippen molar-refractivity contribution in [1.29, 1.82) is 0 Å². The molecular formula is C12H24NO4P. The summed E-state index contributed by atoms with van der Waals surface area (Å²) in [5, 5.41) is 2.71. The summed E-state index contributed by atoms with van der Waals surface area (Å²) in [5.74, 6) is 0.499. The molecule has 1 saturated carbocycles. The first kappa shape index (κ1) is 15.7. The number of carbonyl (C=O) groups excluding carboxylic acids is 1. The third-order valence-corrected chi connectivity index (χ3v) is 4.97. The molecule has 1 N–H and O–H groups in total. The molecule has 0 bridgehead atoms. The minimum absolute atomic E-state index is 0.203. The molecule has 1 aliphatic carbocycles. The highest BCUT2D eigenvalue weighted by Crippen LogP contribution is 2.48. The Morgan fingerprint density at radius 2 is 1.72 bits per heavy atom. The fourth-order valence-electron chi connectivity index (χ4n) is 2.21. The zero-order valence-electron chi connectivity index (χ0n) is 11.3. The van der Waals surface area contributed by atoms with Crippen molar-refractivity contribution in [2.45, 2.75) is 46.0 Å². The number of nitrogens with one attached hydrogen (secondary N) is 1.